The molecular formula is C20H23BrN2O5S. The highest BCUT2D eigenvalue weighted by Gasteiger charge is 2.30. The van der Waals surface area contributed by atoms with E-state index in [2.05, 4.69) is 20.7 Å². The van der Waals surface area contributed by atoms with E-state index in [9.17, 15) is 13.2 Å². The van der Waals surface area contributed by atoms with Gasteiger partial charge >= 0.3 is 0 Å². The first-order valence-corrected chi connectivity index (χ1v) is 11.3. The van der Waals surface area contributed by atoms with Crippen LogP contribution in [0.25, 0.3) is 0 Å². The molecule has 0 aliphatic heterocycles. The fourth-order valence-electron chi connectivity index (χ4n) is 2.92. The Hall–Kier alpha value is -2.10. The lowest BCUT2D eigenvalue weighted by atomic mass is 10.1. The van der Waals surface area contributed by atoms with E-state index in [1.54, 1.807) is 20.2 Å². The minimum absolute atomic E-state index is 0.0359. The molecule has 0 aromatic heterocycles. The van der Waals surface area contributed by atoms with Crippen LogP contribution in [0, 0.1) is 0 Å². The number of ether oxygens (including phenoxy) is 2. The van der Waals surface area contributed by atoms with Gasteiger partial charge in [-0.25, -0.2) is 13.1 Å². The fraction of sp³-hybridized carbons (Fsp3) is 0.350. The van der Waals surface area contributed by atoms with E-state index in [0.29, 0.717) is 12.3 Å². The van der Waals surface area contributed by atoms with Gasteiger partial charge in [0.2, 0.25) is 10.0 Å². The Labute approximate surface area is 179 Å². The summed E-state index contributed by atoms with van der Waals surface area (Å²) in [4.78, 5) is 14.4. The molecule has 9 heteroatoms. The Morgan fingerprint density at radius 1 is 1.14 bits per heavy atom. The third-order valence-corrected chi connectivity index (χ3v) is 6.63. The fourth-order valence-corrected chi connectivity index (χ4v) is 4.83. The highest BCUT2D eigenvalue weighted by Crippen LogP contribution is 2.29. The number of benzene rings is 2. The van der Waals surface area contributed by atoms with Gasteiger partial charge in [0.15, 0.2) is 0 Å². The predicted molar refractivity (Wildman–Crippen MR) is 113 cm³/mol. The second-order valence-corrected chi connectivity index (χ2v) is 9.48. The lowest BCUT2D eigenvalue weighted by Gasteiger charge is -2.20. The predicted octanol–water partition coefficient (Wildman–Crippen LogP) is 3.18. The van der Waals surface area contributed by atoms with Crippen LogP contribution in [0.5, 0.6) is 11.5 Å². The van der Waals surface area contributed by atoms with Crippen LogP contribution in [0.3, 0.4) is 0 Å². The number of nitrogens with one attached hydrogen (secondary N) is 1. The van der Waals surface area contributed by atoms with E-state index in [0.717, 1.165) is 22.9 Å². The van der Waals surface area contributed by atoms with Crippen molar-refractivity contribution in [3.8, 4) is 11.5 Å². The van der Waals surface area contributed by atoms with Crippen LogP contribution in [0.4, 0.5) is 0 Å². The Morgan fingerprint density at radius 3 is 2.41 bits per heavy atom. The summed E-state index contributed by atoms with van der Waals surface area (Å²) >= 11 is 3.42. The molecule has 2 aromatic rings. The van der Waals surface area contributed by atoms with Crippen molar-refractivity contribution in [3.63, 3.8) is 0 Å². The van der Waals surface area contributed by atoms with Gasteiger partial charge in [-0.15, -0.1) is 0 Å². The maximum atomic E-state index is 13.0. The molecule has 0 atom stereocenters. The van der Waals surface area contributed by atoms with Crippen molar-refractivity contribution < 1.29 is 22.7 Å². The number of methoxy groups -OCH3 is 2. The van der Waals surface area contributed by atoms with E-state index < -0.39 is 10.0 Å². The molecule has 0 radical (unpaired) electrons. The highest BCUT2D eigenvalue weighted by molar-refractivity contribution is 9.10. The Kier molecular flexibility index (Phi) is 6.50. The maximum absolute atomic E-state index is 13.0. The number of hydrogen-bond donors (Lipinski definition) is 1. The van der Waals surface area contributed by atoms with Crippen molar-refractivity contribution in [3.05, 3.63) is 52.0 Å². The summed E-state index contributed by atoms with van der Waals surface area (Å²) in [5, 5.41) is 0. The third kappa shape index (κ3) is 5.09. The van der Waals surface area contributed by atoms with E-state index in [1.807, 2.05) is 18.2 Å². The zero-order valence-electron chi connectivity index (χ0n) is 16.4. The molecule has 1 fully saturated rings. The van der Waals surface area contributed by atoms with Crippen molar-refractivity contribution in [1.82, 2.24) is 9.62 Å². The number of amides is 1. The average molecular weight is 483 g/mol. The normalized spacial score (nSPS) is 13.8. The van der Waals surface area contributed by atoms with Crippen LogP contribution in [0.2, 0.25) is 0 Å². The minimum atomic E-state index is -3.77. The minimum Gasteiger partial charge on any atom is -0.496 e. The smallest absolute Gasteiger partial charge is 0.253 e. The van der Waals surface area contributed by atoms with Crippen LogP contribution < -0.4 is 14.2 Å². The topological polar surface area (TPSA) is 84.9 Å². The molecular weight excluding hydrogens is 460 g/mol. The van der Waals surface area contributed by atoms with Gasteiger partial charge in [0.05, 0.1) is 14.2 Å². The van der Waals surface area contributed by atoms with Crippen LogP contribution in [-0.2, 0) is 16.6 Å². The lowest BCUT2D eigenvalue weighted by Crippen LogP contribution is -2.28. The largest absolute Gasteiger partial charge is 0.496 e. The summed E-state index contributed by atoms with van der Waals surface area (Å²) in [6.07, 6.45) is 1.63. The number of carbonyl (C=O) groups excluding carboxylic acids is 1. The Morgan fingerprint density at radius 2 is 1.79 bits per heavy atom. The van der Waals surface area contributed by atoms with E-state index in [1.165, 1.54) is 24.1 Å². The van der Waals surface area contributed by atoms with Gasteiger partial charge in [0, 0.05) is 35.2 Å². The number of nitrogens with zero attached hydrogens (tertiary/aromatic N) is 1. The van der Waals surface area contributed by atoms with Gasteiger partial charge < -0.3 is 14.4 Å². The number of hydrogen-bond acceptors (Lipinski definition) is 5. The summed E-state index contributed by atoms with van der Waals surface area (Å²) in [5.74, 6) is 0.558. The summed E-state index contributed by atoms with van der Waals surface area (Å²) in [5.41, 5.74) is 1.09. The van der Waals surface area contributed by atoms with Gasteiger partial charge in [0.25, 0.3) is 5.91 Å². The maximum Gasteiger partial charge on any atom is 0.253 e. The summed E-state index contributed by atoms with van der Waals surface area (Å²) in [7, 11) is 0.861. The molecule has 0 heterocycles. The molecule has 3 rings (SSSR count). The lowest BCUT2D eigenvalue weighted by molar-refractivity contribution is 0.0784. The highest BCUT2D eigenvalue weighted by atomic mass is 79.9. The second kappa shape index (κ2) is 8.73. The monoisotopic (exact) mass is 482 g/mol. The van der Waals surface area contributed by atoms with Crippen LogP contribution >= 0.6 is 15.9 Å². The van der Waals surface area contributed by atoms with Crippen molar-refractivity contribution in [2.75, 3.05) is 21.3 Å². The molecule has 1 aliphatic carbocycles. The van der Waals surface area contributed by atoms with Gasteiger partial charge in [-0.3, -0.25) is 4.79 Å². The first kappa shape index (κ1) is 21.6. The quantitative estimate of drug-likeness (QED) is 0.624. The van der Waals surface area contributed by atoms with Crippen LogP contribution in [0.15, 0.2) is 45.8 Å². The summed E-state index contributed by atoms with van der Waals surface area (Å²) in [6, 6.07) is 9.94. The molecule has 1 saturated carbocycles. The van der Waals surface area contributed by atoms with Crippen LogP contribution in [-0.4, -0.2) is 46.5 Å². The third-order valence-electron chi connectivity index (χ3n) is 4.60. The molecule has 156 valence electrons. The van der Waals surface area contributed by atoms with Crippen molar-refractivity contribution >= 4 is 31.9 Å². The van der Waals surface area contributed by atoms with Gasteiger partial charge in [0.1, 0.15) is 16.4 Å². The SMILES string of the molecule is COc1ccc(Br)cc1CN(C)C(=O)c1ccc(OC)c(S(=O)(=O)NC2CC2)c1. The molecule has 1 aliphatic rings. The molecule has 1 N–H and O–H groups in total. The molecule has 1 amide bonds. The zero-order chi connectivity index (χ0) is 21.2. The summed E-state index contributed by atoms with van der Waals surface area (Å²) in [6.45, 7) is 0.301. The standard InChI is InChI=1S/C20H23BrN2O5S/c1-23(12-14-10-15(21)5-9-17(14)27-2)20(24)13-4-8-18(28-3)19(11-13)29(25,26)22-16-6-7-16/h4-5,8-11,16,22H,6-7,12H2,1-3H3. The number of rotatable bonds is 8. The molecule has 0 unspecified atom stereocenters. The summed E-state index contributed by atoms with van der Waals surface area (Å²) < 4.78 is 39.4. The van der Waals surface area contributed by atoms with Crippen molar-refractivity contribution in [2.24, 2.45) is 0 Å². The Balaban J connectivity index is 1.87. The van der Waals surface area contributed by atoms with Gasteiger partial charge in [-0.1, -0.05) is 15.9 Å². The molecule has 0 bridgehead atoms. The molecule has 0 spiro atoms. The van der Waals surface area contributed by atoms with Crippen LogP contribution in [0.1, 0.15) is 28.8 Å². The molecule has 7 nitrogen and oxygen atoms in total. The zero-order valence-corrected chi connectivity index (χ0v) is 18.8. The molecule has 0 saturated heterocycles. The van der Waals surface area contributed by atoms with Crippen molar-refractivity contribution in [1.29, 1.82) is 0 Å². The number of halogens is 1. The van der Waals surface area contributed by atoms with E-state index in [-0.39, 0.29) is 28.2 Å². The first-order chi connectivity index (χ1) is 13.7. The van der Waals surface area contributed by atoms with Gasteiger partial charge in [-0.05, 0) is 49.2 Å². The molecule has 2 aromatic carbocycles. The number of sulfonamides is 1. The second-order valence-electron chi connectivity index (χ2n) is 6.88. The first-order valence-electron chi connectivity index (χ1n) is 9.03. The van der Waals surface area contributed by atoms with Gasteiger partial charge in [-0.2, -0.15) is 0 Å². The van der Waals surface area contributed by atoms with E-state index >= 15 is 0 Å². The number of carbonyl (C=O) groups is 1. The van der Waals surface area contributed by atoms with E-state index in [4.69, 9.17) is 9.47 Å². The van der Waals surface area contributed by atoms with Crippen molar-refractivity contribution in [2.45, 2.75) is 30.3 Å². The average Bonchev–Trinajstić information content (AvgIpc) is 3.50. The molecule has 29 heavy (non-hydrogen) atoms. The Bertz CT molecular complexity index is 1020.